The van der Waals surface area contributed by atoms with Crippen LogP contribution < -0.4 is 5.32 Å². The van der Waals surface area contributed by atoms with Crippen molar-refractivity contribution in [3.05, 3.63) is 0 Å². The zero-order valence-corrected chi connectivity index (χ0v) is 7.79. The third-order valence-corrected chi connectivity index (χ3v) is 2.63. The first-order chi connectivity index (χ1) is 6.31. The van der Waals surface area contributed by atoms with Gasteiger partial charge < -0.3 is 14.8 Å². The van der Waals surface area contributed by atoms with Crippen molar-refractivity contribution < 1.29 is 14.3 Å². The topological polar surface area (TPSA) is 47.6 Å². The van der Waals surface area contributed by atoms with Gasteiger partial charge >= 0.3 is 5.97 Å². The summed E-state index contributed by atoms with van der Waals surface area (Å²) in [5, 5.41) is 3.24. The Labute approximate surface area is 77.6 Å². The van der Waals surface area contributed by atoms with Gasteiger partial charge in [0.05, 0.1) is 12.7 Å². The van der Waals surface area contributed by atoms with Gasteiger partial charge in [-0.05, 0) is 13.3 Å². The Hall–Kier alpha value is -0.610. The fraction of sp³-hybridized carbons (Fsp3) is 0.889. The van der Waals surface area contributed by atoms with Gasteiger partial charge in [0, 0.05) is 19.0 Å². The van der Waals surface area contributed by atoms with E-state index in [1.807, 2.05) is 6.92 Å². The molecule has 74 valence electrons. The van der Waals surface area contributed by atoms with Crippen LogP contribution >= 0.6 is 0 Å². The lowest BCUT2D eigenvalue weighted by molar-refractivity contribution is -0.156. The molecule has 0 radical (unpaired) electrons. The average molecular weight is 185 g/mol. The molecule has 3 unspecified atom stereocenters. The van der Waals surface area contributed by atoms with E-state index in [9.17, 15) is 4.79 Å². The van der Waals surface area contributed by atoms with E-state index < -0.39 is 0 Å². The Balaban J connectivity index is 1.96. The quantitative estimate of drug-likeness (QED) is 0.612. The minimum absolute atomic E-state index is 0.196. The highest BCUT2D eigenvalue weighted by Gasteiger charge is 2.42. The molecule has 2 bridgehead atoms. The minimum Gasteiger partial charge on any atom is -0.464 e. The molecule has 1 N–H and O–H groups in total. The molecule has 0 aliphatic carbocycles. The van der Waals surface area contributed by atoms with E-state index in [0.29, 0.717) is 12.5 Å². The molecule has 0 aromatic heterocycles. The summed E-state index contributed by atoms with van der Waals surface area (Å²) in [6.07, 6.45) is 0.893. The van der Waals surface area contributed by atoms with Gasteiger partial charge in [0.15, 0.2) is 6.10 Å². The lowest BCUT2D eigenvalue weighted by atomic mass is 9.96. The lowest BCUT2D eigenvalue weighted by Gasteiger charge is -2.17. The first-order valence-electron chi connectivity index (χ1n) is 4.84. The van der Waals surface area contributed by atoms with Crippen LogP contribution in [0.15, 0.2) is 0 Å². The predicted molar refractivity (Wildman–Crippen MR) is 46.3 cm³/mol. The molecular weight excluding hydrogens is 170 g/mol. The van der Waals surface area contributed by atoms with E-state index in [-0.39, 0.29) is 18.2 Å². The maximum absolute atomic E-state index is 11.4. The van der Waals surface area contributed by atoms with Crippen LogP contribution in [0.2, 0.25) is 0 Å². The maximum atomic E-state index is 11.4. The molecule has 0 amide bonds. The molecule has 4 nitrogen and oxygen atoms in total. The number of carbonyl (C=O) groups excluding carboxylic acids is 1. The van der Waals surface area contributed by atoms with Gasteiger partial charge in [0.25, 0.3) is 0 Å². The number of esters is 1. The molecular formula is C9H15NO3. The number of hydrogen-bond acceptors (Lipinski definition) is 4. The number of carbonyl (C=O) groups is 1. The highest BCUT2D eigenvalue weighted by molar-refractivity contribution is 5.75. The fourth-order valence-corrected chi connectivity index (χ4v) is 2.06. The molecule has 4 heteroatoms. The Kier molecular flexibility index (Phi) is 2.51. The molecule has 2 fully saturated rings. The van der Waals surface area contributed by atoms with Crippen molar-refractivity contribution in [2.45, 2.75) is 25.6 Å². The molecule has 0 spiro atoms. The average Bonchev–Trinajstić information content (AvgIpc) is 2.42. The highest BCUT2D eigenvalue weighted by Crippen LogP contribution is 2.29. The summed E-state index contributed by atoms with van der Waals surface area (Å²) >= 11 is 0. The second-order valence-electron chi connectivity index (χ2n) is 3.58. The molecule has 2 saturated heterocycles. The molecule has 0 aromatic rings. The van der Waals surface area contributed by atoms with Gasteiger partial charge in [-0.15, -0.1) is 0 Å². The highest BCUT2D eigenvalue weighted by atomic mass is 16.6. The monoisotopic (exact) mass is 185 g/mol. The molecule has 3 atom stereocenters. The maximum Gasteiger partial charge on any atom is 0.335 e. The summed E-state index contributed by atoms with van der Waals surface area (Å²) in [7, 11) is 0. The number of fused-ring (bicyclic) bond motifs is 2. The van der Waals surface area contributed by atoms with Gasteiger partial charge in [-0.2, -0.15) is 0 Å². The molecule has 2 aliphatic rings. The molecule has 2 heterocycles. The molecule has 0 aromatic carbocycles. The van der Waals surface area contributed by atoms with Crippen LogP contribution in [0.3, 0.4) is 0 Å². The Morgan fingerprint density at radius 2 is 2.46 bits per heavy atom. The smallest absolute Gasteiger partial charge is 0.335 e. The standard InChI is InChI=1S/C9H15NO3/c1-2-12-9(11)8-6-3-7(13-8)5-10-4-6/h6-8,10H,2-5H2,1H3. The number of rotatable bonds is 2. The van der Waals surface area contributed by atoms with E-state index in [1.165, 1.54) is 0 Å². The van der Waals surface area contributed by atoms with Crippen molar-refractivity contribution in [3.8, 4) is 0 Å². The SMILES string of the molecule is CCOC(=O)C1OC2CNCC1C2. The van der Waals surface area contributed by atoms with E-state index >= 15 is 0 Å². The third kappa shape index (κ3) is 1.69. The lowest BCUT2D eigenvalue weighted by Crippen LogP contribution is -2.36. The summed E-state index contributed by atoms with van der Waals surface area (Å²) < 4.78 is 10.5. The normalized spacial score (nSPS) is 37.5. The van der Waals surface area contributed by atoms with Crippen LogP contribution in [0.5, 0.6) is 0 Å². The van der Waals surface area contributed by atoms with Crippen LogP contribution in [0.1, 0.15) is 13.3 Å². The second-order valence-corrected chi connectivity index (χ2v) is 3.58. The Morgan fingerprint density at radius 1 is 1.62 bits per heavy atom. The van der Waals surface area contributed by atoms with Crippen LogP contribution in [-0.2, 0) is 14.3 Å². The van der Waals surface area contributed by atoms with E-state index in [4.69, 9.17) is 9.47 Å². The van der Waals surface area contributed by atoms with Crippen LogP contribution in [0, 0.1) is 5.92 Å². The first kappa shape index (κ1) is 8.97. The molecule has 0 saturated carbocycles. The van der Waals surface area contributed by atoms with Gasteiger partial charge in [-0.25, -0.2) is 4.79 Å². The second kappa shape index (κ2) is 3.64. The van der Waals surface area contributed by atoms with Crippen molar-refractivity contribution in [2.75, 3.05) is 19.7 Å². The minimum atomic E-state index is -0.319. The summed E-state index contributed by atoms with van der Waals surface area (Å²) in [5.74, 6) is 0.122. The van der Waals surface area contributed by atoms with E-state index in [0.717, 1.165) is 19.5 Å². The number of piperidine rings is 1. The van der Waals surface area contributed by atoms with Crippen molar-refractivity contribution >= 4 is 5.97 Å². The van der Waals surface area contributed by atoms with Gasteiger partial charge in [-0.3, -0.25) is 0 Å². The van der Waals surface area contributed by atoms with Crippen LogP contribution in [0.25, 0.3) is 0 Å². The zero-order chi connectivity index (χ0) is 9.26. The predicted octanol–water partition coefficient (Wildman–Crippen LogP) is -0.0736. The van der Waals surface area contributed by atoms with Gasteiger partial charge in [0.1, 0.15) is 0 Å². The molecule has 13 heavy (non-hydrogen) atoms. The largest absolute Gasteiger partial charge is 0.464 e. The van der Waals surface area contributed by atoms with Crippen LogP contribution in [-0.4, -0.2) is 37.9 Å². The van der Waals surface area contributed by atoms with Crippen molar-refractivity contribution in [1.29, 1.82) is 0 Å². The number of hydrogen-bond donors (Lipinski definition) is 1. The molecule has 2 rings (SSSR count). The Bertz CT molecular complexity index is 207. The fourth-order valence-electron chi connectivity index (χ4n) is 2.06. The Morgan fingerprint density at radius 3 is 3.15 bits per heavy atom. The van der Waals surface area contributed by atoms with Gasteiger partial charge in [0.2, 0.25) is 0 Å². The molecule has 2 aliphatic heterocycles. The van der Waals surface area contributed by atoms with E-state index in [1.54, 1.807) is 0 Å². The van der Waals surface area contributed by atoms with E-state index in [2.05, 4.69) is 5.32 Å². The van der Waals surface area contributed by atoms with Crippen molar-refractivity contribution in [1.82, 2.24) is 5.32 Å². The van der Waals surface area contributed by atoms with Crippen molar-refractivity contribution in [2.24, 2.45) is 5.92 Å². The van der Waals surface area contributed by atoms with Gasteiger partial charge in [-0.1, -0.05) is 0 Å². The number of nitrogens with one attached hydrogen (secondary N) is 1. The van der Waals surface area contributed by atoms with Crippen molar-refractivity contribution in [3.63, 3.8) is 0 Å². The summed E-state index contributed by atoms with van der Waals surface area (Å²) in [6.45, 7) is 3.99. The summed E-state index contributed by atoms with van der Waals surface area (Å²) in [6, 6.07) is 0. The first-order valence-corrected chi connectivity index (χ1v) is 4.84. The summed E-state index contributed by atoms with van der Waals surface area (Å²) in [4.78, 5) is 11.4. The zero-order valence-electron chi connectivity index (χ0n) is 7.79. The summed E-state index contributed by atoms with van der Waals surface area (Å²) in [5.41, 5.74) is 0. The third-order valence-electron chi connectivity index (χ3n) is 2.63. The number of ether oxygens (including phenoxy) is 2. The van der Waals surface area contributed by atoms with Crippen LogP contribution in [0.4, 0.5) is 0 Å².